The van der Waals surface area contributed by atoms with Gasteiger partial charge >= 0.3 is 0 Å². The van der Waals surface area contributed by atoms with Crippen molar-refractivity contribution in [2.24, 2.45) is 0 Å². The van der Waals surface area contributed by atoms with E-state index in [0.717, 1.165) is 19.6 Å². The standard InChI is InChI=1S/C17H26N2/c1-4-7-16-13-19(11-10-14(2)3)17-9-6-5-8-15(17)12-18-16/h5-6,8-10,16,18H,4,7,11-13H2,1-3H3. The molecule has 1 aromatic rings. The fourth-order valence-corrected chi connectivity index (χ4v) is 2.66. The highest BCUT2D eigenvalue weighted by molar-refractivity contribution is 5.55. The van der Waals surface area contributed by atoms with Gasteiger partial charge in [0.25, 0.3) is 0 Å². The molecule has 0 aromatic heterocycles. The van der Waals surface area contributed by atoms with Gasteiger partial charge in [0.2, 0.25) is 0 Å². The highest BCUT2D eigenvalue weighted by atomic mass is 15.2. The Kier molecular flexibility index (Phi) is 5.03. The van der Waals surface area contributed by atoms with E-state index >= 15 is 0 Å². The summed E-state index contributed by atoms with van der Waals surface area (Å²) in [5.41, 5.74) is 4.20. The van der Waals surface area contributed by atoms with Crippen LogP contribution in [0.15, 0.2) is 35.9 Å². The quantitative estimate of drug-likeness (QED) is 0.828. The van der Waals surface area contributed by atoms with Crippen LogP contribution in [-0.2, 0) is 6.54 Å². The average Bonchev–Trinajstić information content (AvgIpc) is 2.57. The number of hydrogen-bond donors (Lipinski definition) is 1. The van der Waals surface area contributed by atoms with Crippen LogP contribution in [0.4, 0.5) is 5.69 Å². The van der Waals surface area contributed by atoms with E-state index in [1.165, 1.54) is 29.7 Å². The summed E-state index contributed by atoms with van der Waals surface area (Å²) >= 11 is 0. The monoisotopic (exact) mass is 258 g/mol. The second-order valence-electron chi connectivity index (χ2n) is 5.68. The molecule has 2 heteroatoms. The molecule has 1 N–H and O–H groups in total. The number of allylic oxidation sites excluding steroid dienone is 1. The van der Waals surface area contributed by atoms with Crippen molar-refractivity contribution in [2.75, 3.05) is 18.0 Å². The van der Waals surface area contributed by atoms with Gasteiger partial charge in [0, 0.05) is 31.4 Å². The van der Waals surface area contributed by atoms with Gasteiger partial charge in [0.05, 0.1) is 0 Å². The van der Waals surface area contributed by atoms with Crippen molar-refractivity contribution in [3.05, 3.63) is 41.5 Å². The van der Waals surface area contributed by atoms with Gasteiger partial charge in [0.15, 0.2) is 0 Å². The van der Waals surface area contributed by atoms with E-state index in [4.69, 9.17) is 0 Å². The second kappa shape index (κ2) is 6.76. The van der Waals surface area contributed by atoms with E-state index in [-0.39, 0.29) is 0 Å². The molecule has 2 nitrogen and oxygen atoms in total. The van der Waals surface area contributed by atoms with Gasteiger partial charge in [0.1, 0.15) is 0 Å². The van der Waals surface area contributed by atoms with E-state index in [0.29, 0.717) is 6.04 Å². The predicted molar refractivity (Wildman–Crippen MR) is 83.6 cm³/mol. The molecule has 1 aromatic carbocycles. The molecule has 0 fully saturated rings. The minimum absolute atomic E-state index is 0.600. The maximum atomic E-state index is 3.69. The molecule has 1 atom stereocenters. The molecule has 104 valence electrons. The van der Waals surface area contributed by atoms with Crippen molar-refractivity contribution in [3.63, 3.8) is 0 Å². The van der Waals surface area contributed by atoms with Crippen molar-refractivity contribution in [1.29, 1.82) is 0 Å². The van der Waals surface area contributed by atoms with Crippen molar-refractivity contribution in [3.8, 4) is 0 Å². The lowest BCUT2D eigenvalue weighted by molar-refractivity contribution is 0.484. The number of anilines is 1. The fraction of sp³-hybridized carbons (Fsp3) is 0.529. The molecule has 0 radical (unpaired) electrons. The summed E-state index contributed by atoms with van der Waals surface area (Å²) in [4.78, 5) is 2.52. The lowest BCUT2D eigenvalue weighted by Gasteiger charge is -2.26. The summed E-state index contributed by atoms with van der Waals surface area (Å²) in [6, 6.07) is 9.38. The first-order valence-electron chi connectivity index (χ1n) is 7.40. The maximum Gasteiger partial charge on any atom is 0.0415 e. The molecular formula is C17H26N2. The summed E-state index contributed by atoms with van der Waals surface area (Å²) in [7, 11) is 0. The fourth-order valence-electron chi connectivity index (χ4n) is 2.66. The van der Waals surface area contributed by atoms with Crippen LogP contribution >= 0.6 is 0 Å². The van der Waals surface area contributed by atoms with E-state index in [9.17, 15) is 0 Å². The molecule has 2 rings (SSSR count). The van der Waals surface area contributed by atoms with E-state index in [2.05, 4.69) is 61.3 Å². The molecule has 1 aliphatic heterocycles. The highest BCUT2D eigenvalue weighted by Crippen LogP contribution is 2.24. The summed E-state index contributed by atoms with van der Waals surface area (Å²) in [6.07, 6.45) is 4.81. The Hall–Kier alpha value is -1.28. The van der Waals surface area contributed by atoms with Gasteiger partial charge in [-0.1, -0.05) is 43.2 Å². The number of para-hydroxylation sites is 1. The topological polar surface area (TPSA) is 15.3 Å². The summed E-state index contributed by atoms with van der Waals surface area (Å²) in [6.45, 7) is 9.72. The van der Waals surface area contributed by atoms with Gasteiger partial charge in [-0.05, 0) is 31.9 Å². The minimum Gasteiger partial charge on any atom is -0.366 e. The lowest BCUT2D eigenvalue weighted by atomic mass is 10.1. The smallest absolute Gasteiger partial charge is 0.0415 e. The predicted octanol–water partition coefficient (Wildman–Crippen LogP) is 3.73. The first kappa shape index (κ1) is 14.1. The Labute approximate surface area is 117 Å². The van der Waals surface area contributed by atoms with Crippen LogP contribution < -0.4 is 10.2 Å². The highest BCUT2D eigenvalue weighted by Gasteiger charge is 2.19. The summed E-state index contributed by atoms with van der Waals surface area (Å²) < 4.78 is 0. The van der Waals surface area contributed by atoms with Crippen LogP contribution in [0.25, 0.3) is 0 Å². The largest absolute Gasteiger partial charge is 0.366 e. The van der Waals surface area contributed by atoms with E-state index in [1.807, 2.05) is 0 Å². The maximum absolute atomic E-state index is 3.69. The van der Waals surface area contributed by atoms with Crippen molar-refractivity contribution in [2.45, 2.75) is 46.2 Å². The van der Waals surface area contributed by atoms with Gasteiger partial charge in [-0.15, -0.1) is 0 Å². The first-order valence-corrected chi connectivity index (χ1v) is 7.40. The van der Waals surface area contributed by atoms with Crippen LogP contribution in [0.2, 0.25) is 0 Å². The average molecular weight is 258 g/mol. The van der Waals surface area contributed by atoms with Gasteiger partial charge in [-0.2, -0.15) is 0 Å². The molecule has 0 saturated heterocycles. The van der Waals surface area contributed by atoms with Crippen molar-refractivity contribution < 1.29 is 0 Å². The van der Waals surface area contributed by atoms with Crippen LogP contribution in [0.1, 0.15) is 39.2 Å². The molecule has 0 spiro atoms. The molecule has 1 unspecified atom stereocenters. The number of nitrogens with one attached hydrogen (secondary N) is 1. The zero-order valence-electron chi connectivity index (χ0n) is 12.4. The number of nitrogens with zero attached hydrogens (tertiary/aromatic N) is 1. The normalized spacial score (nSPS) is 18.7. The van der Waals surface area contributed by atoms with Crippen LogP contribution in [0.3, 0.4) is 0 Å². The molecule has 0 bridgehead atoms. The summed E-state index contributed by atoms with van der Waals surface area (Å²) in [5, 5.41) is 3.69. The number of hydrogen-bond acceptors (Lipinski definition) is 2. The third-order valence-corrected chi connectivity index (χ3v) is 3.71. The van der Waals surface area contributed by atoms with Crippen LogP contribution in [0, 0.1) is 0 Å². The van der Waals surface area contributed by atoms with Crippen LogP contribution in [-0.4, -0.2) is 19.1 Å². The Morgan fingerprint density at radius 1 is 1.37 bits per heavy atom. The third kappa shape index (κ3) is 3.84. The number of benzene rings is 1. The van der Waals surface area contributed by atoms with Gasteiger partial charge in [-0.25, -0.2) is 0 Å². The SMILES string of the molecule is CCCC1CN(CC=C(C)C)c2ccccc2CN1. The van der Waals surface area contributed by atoms with Gasteiger partial charge < -0.3 is 10.2 Å². The molecule has 0 saturated carbocycles. The first-order chi connectivity index (χ1) is 9.20. The van der Waals surface area contributed by atoms with Crippen molar-refractivity contribution >= 4 is 5.69 Å². The van der Waals surface area contributed by atoms with E-state index in [1.54, 1.807) is 0 Å². The zero-order chi connectivity index (χ0) is 13.7. The number of rotatable bonds is 4. The molecule has 0 amide bonds. The lowest BCUT2D eigenvalue weighted by Crippen LogP contribution is -2.38. The third-order valence-electron chi connectivity index (χ3n) is 3.71. The Balaban J connectivity index is 2.21. The Morgan fingerprint density at radius 2 is 2.16 bits per heavy atom. The zero-order valence-corrected chi connectivity index (χ0v) is 12.4. The van der Waals surface area contributed by atoms with Crippen molar-refractivity contribution in [1.82, 2.24) is 5.32 Å². The minimum atomic E-state index is 0.600. The van der Waals surface area contributed by atoms with E-state index < -0.39 is 0 Å². The Morgan fingerprint density at radius 3 is 2.89 bits per heavy atom. The second-order valence-corrected chi connectivity index (χ2v) is 5.68. The molecule has 0 aliphatic carbocycles. The molecule has 1 heterocycles. The summed E-state index contributed by atoms with van der Waals surface area (Å²) in [5.74, 6) is 0. The molecular weight excluding hydrogens is 232 g/mol. The van der Waals surface area contributed by atoms with Crippen LogP contribution in [0.5, 0.6) is 0 Å². The Bertz CT molecular complexity index is 433. The molecule has 19 heavy (non-hydrogen) atoms. The molecule has 1 aliphatic rings. The van der Waals surface area contributed by atoms with Gasteiger partial charge in [-0.3, -0.25) is 0 Å². The number of fused-ring (bicyclic) bond motifs is 1.